The first-order chi connectivity index (χ1) is 17.7. The van der Waals surface area contributed by atoms with Gasteiger partial charge in [-0.1, -0.05) is 36.4 Å². The summed E-state index contributed by atoms with van der Waals surface area (Å²) in [7, 11) is 0. The number of fused-ring (bicyclic) bond motifs is 1. The van der Waals surface area contributed by atoms with Gasteiger partial charge < -0.3 is 9.47 Å². The Morgan fingerprint density at radius 3 is 2.50 bits per heavy atom. The normalized spacial score (nSPS) is 14.1. The number of carbonyl (C=O) groups excluding carboxylic acids is 1. The van der Waals surface area contributed by atoms with E-state index in [2.05, 4.69) is 9.88 Å². The van der Waals surface area contributed by atoms with E-state index in [1.165, 1.54) is 16.2 Å². The highest BCUT2D eigenvalue weighted by atomic mass is 32.2. The maximum absolute atomic E-state index is 13.5. The number of ether oxygens (including phenoxy) is 2. The number of aromatic nitrogens is 2. The molecule has 2 aromatic carbocycles. The molecule has 0 amide bonds. The first-order valence-corrected chi connectivity index (χ1v) is 12.9. The van der Waals surface area contributed by atoms with Gasteiger partial charge in [-0.15, -0.1) is 11.8 Å². The number of ketones is 1. The topological polar surface area (TPSA) is 73.1 Å². The van der Waals surface area contributed by atoms with Crippen LogP contribution in [0, 0.1) is 0 Å². The van der Waals surface area contributed by atoms with Gasteiger partial charge in [-0.05, 0) is 42.0 Å². The van der Waals surface area contributed by atoms with Gasteiger partial charge in [-0.2, -0.15) is 0 Å². The number of benzene rings is 2. The highest BCUT2D eigenvalue weighted by Crippen LogP contribution is 2.26. The highest BCUT2D eigenvalue weighted by Gasteiger charge is 2.22. The lowest BCUT2D eigenvalue weighted by Gasteiger charge is -2.26. The molecule has 184 valence electrons. The maximum Gasteiger partial charge on any atom is 0.270 e. The van der Waals surface area contributed by atoms with Crippen molar-refractivity contribution < 1.29 is 14.3 Å². The summed E-state index contributed by atoms with van der Waals surface area (Å²) in [5.74, 6) is 0.944. The number of morpholine rings is 1. The van der Waals surface area contributed by atoms with Crippen molar-refractivity contribution in [1.29, 1.82) is 0 Å². The Morgan fingerprint density at radius 2 is 1.72 bits per heavy atom. The van der Waals surface area contributed by atoms with E-state index in [0.717, 1.165) is 38.4 Å². The summed E-state index contributed by atoms with van der Waals surface area (Å²) < 4.78 is 12.7. The Hall–Kier alpha value is -3.46. The standard InChI is InChI=1S/C28H27N3O4S/c32-26(22-9-11-23(12-10-22)35-19-16-30-14-17-34-18-15-30)25-27(36-20-21-6-2-1-3-7-21)29-24-8-4-5-13-31(24)28(25)33/h1-13H,14-20H2. The number of hydrogen-bond acceptors (Lipinski definition) is 7. The molecule has 2 aromatic heterocycles. The lowest BCUT2D eigenvalue weighted by Crippen LogP contribution is -2.38. The summed E-state index contributed by atoms with van der Waals surface area (Å²) in [6.07, 6.45) is 1.64. The Kier molecular flexibility index (Phi) is 7.76. The molecular formula is C28H27N3O4S. The Morgan fingerprint density at radius 1 is 0.972 bits per heavy atom. The van der Waals surface area contributed by atoms with E-state index >= 15 is 0 Å². The lowest BCUT2D eigenvalue weighted by molar-refractivity contribution is 0.0322. The highest BCUT2D eigenvalue weighted by molar-refractivity contribution is 7.98. The van der Waals surface area contributed by atoms with Crippen molar-refractivity contribution >= 4 is 23.2 Å². The average molecular weight is 502 g/mol. The van der Waals surface area contributed by atoms with Crippen LogP contribution < -0.4 is 10.3 Å². The van der Waals surface area contributed by atoms with Crippen LogP contribution in [0.5, 0.6) is 5.75 Å². The van der Waals surface area contributed by atoms with Gasteiger partial charge in [0.25, 0.3) is 5.56 Å². The summed E-state index contributed by atoms with van der Waals surface area (Å²) in [5, 5.41) is 0.436. The molecule has 0 atom stereocenters. The second-order valence-corrected chi connectivity index (χ2v) is 9.42. The van der Waals surface area contributed by atoms with Gasteiger partial charge in [0.05, 0.1) is 13.2 Å². The number of carbonyl (C=O) groups is 1. The van der Waals surface area contributed by atoms with Crippen LogP contribution in [-0.4, -0.2) is 59.5 Å². The summed E-state index contributed by atoms with van der Waals surface area (Å²) in [4.78, 5) is 33.9. The number of hydrogen-bond donors (Lipinski definition) is 0. The zero-order chi connectivity index (χ0) is 24.7. The largest absolute Gasteiger partial charge is 0.492 e. The molecule has 0 unspecified atom stereocenters. The maximum atomic E-state index is 13.5. The zero-order valence-corrected chi connectivity index (χ0v) is 20.7. The van der Waals surface area contributed by atoms with E-state index in [1.807, 2.05) is 36.4 Å². The minimum Gasteiger partial charge on any atom is -0.492 e. The third-order valence-electron chi connectivity index (χ3n) is 6.04. The summed E-state index contributed by atoms with van der Waals surface area (Å²) in [6, 6.07) is 22.2. The zero-order valence-electron chi connectivity index (χ0n) is 19.8. The van der Waals surface area contributed by atoms with Crippen LogP contribution >= 0.6 is 11.8 Å². The quantitative estimate of drug-likeness (QED) is 0.195. The van der Waals surface area contributed by atoms with Crippen LogP contribution in [0.4, 0.5) is 0 Å². The monoisotopic (exact) mass is 501 g/mol. The predicted octanol–water partition coefficient (Wildman–Crippen LogP) is 3.93. The van der Waals surface area contributed by atoms with E-state index in [4.69, 9.17) is 9.47 Å². The Labute approximate surface area is 213 Å². The van der Waals surface area contributed by atoms with Gasteiger partial charge in [-0.3, -0.25) is 18.9 Å². The molecule has 1 fully saturated rings. The molecule has 1 aliphatic heterocycles. The number of nitrogens with zero attached hydrogens (tertiary/aromatic N) is 3. The third kappa shape index (κ3) is 5.67. The van der Waals surface area contributed by atoms with E-state index in [1.54, 1.807) is 42.6 Å². The third-order valence-corrected chi connectivity index (χ3v) is 7.09. The van der Waals surface area contributed by atoms with E-state index in [-0.39, 0.29) is 16.9 Å². The molecule has 0 N–H and O–H groups in total. The molecule has 0 bridgehead atoms. The van der Waals surface area contributed by atoms with E-state index < -0.39 is 0 Å². The first kappa shape index (κ1) is 24.2. The smallest absolute Gasteiger partial charge is 0.270 e. The molecule has 1 aliphatic rings. The van der Waals surface area contributed by atoms with Crippen molar-refractivity contribution in [1.82, 2.24) is 14.3 Å². The van der Waals surface area contributed by atoms with Crippen molar-refractivity contribution in [2.45, 2.75) is 10.8 Å². The second-order valence-electron chi connectivity index (χ2n) is 8.46. The van der Waals surface area contributed by atoms with Crippen molar-refractivity contribution in [2.24, 2.45) is 0 Å². The summed E-state index contributed by atoms with van der Waals surface area (Å²) in [5.41, 5.74) is 1.74. The average Bonchev–Trinajstić information content (AvgIpc) is 2.93. The summed E-state index contributed by atoms with van der Waals surface area (Å²) in [6.45, 7) is 4.72. The van der Waals surface area contributed by atoms with Gasteiger partial charge in [0.1, 0.15) is 28.6 Å². The minimum atomic E-state index is -0.369. The van der Waals surface area contributed by atoms with Gasteiger partial charge >= 0.3 is 0 Å². The van der Waals surface area contributed by atoms with Crippen LogP contribution in [0.25, 0.3) is 5.65 Å². The van der Waals surface area contributed by atoms with Crippen molar-refractivity contribution in [3.63, 3.8) is 0 Å². The molecule has 5 rings (SSSR count). The first-order valence-electron chi connectivity index (χ1n) is 11.9. The number of thioether (sulfide) groups is 1. The lowest BCUT2D eigenvalue weighted by atomic mass is 10.1. The minimum absolute atomic E-state index is 0.0839. The molecule has 0 saturated carbocycles. The fraction of sp³-hybridized carbons (Fsp3) is 0.250. The van der Waals surface area contributed by atoms with Crippen LogP contribution in [-0.2, 0) is 10.5 Å². The number of rotatable bonds is 9. The summed E-state index contributed by atoms with van der Waals surface area (Å²) >= 11 is 1.40. The van der Waals surface area contributed by atoms with Crippen molar-refractivity contribution in [2.75, 3.05) is 39.5 Å². The molecule has 7 nitrogen and oxygen atoms in total. The molecule has 0 aliphatic carbocycles. The van der Waals surface area contributed by atoms with Gasteiger partial charge in [-0.25, -0.2) is 4.98 Å². The van der Waals surface area contributed by atoms with Gasteiger partial charge in [0.15, 0.2) is 0 Å². The van der Waals surface area contributed by atoms with Crippen LogP contribution in [0.15, 0.2) is 88.8 Å². The Bertz CT molecular complexity index is 1380. The van der Waals surface area contributed by atoms with Gasteiger partial charge in [0, 0.05) is 37.1 Å². The van der Waals surface area contributed by atoms with E-state index in [0.29, 0.717) is 34.3 Å². The number of pyridine rings is 1. The fourth-order valence-corrected chi connectivity index (χ4v) is 5.04. The molecule has 36 heavy (non-hydrogen) atoms. The second kappa shape index (κ2) is 11.5. The van der Waals surface area contributed by atoms with E-state index in [9.17, 15) is 9.59 Å². The molecule has 0 spiro atoms. The SMILES string of the molecule is O=C(c1ccc(OCCN2CCOCC2)cc1)c1c(SCc2ccccc2)nc2ccccn2c1=O. The molecular weight excluding hydrogens is 474 g/mol. The van der Waals surface area contributed by atoms with Crippen LogP contribution in [0.3, 0.4) is 0 Å². The van der Waals surface area contributed by atoms with Crippen molar-refractivity contribution in [3.05, 3.63) is 106 Å². The molecule has 1 saturated heterocycles. The molecule has 4 aromatic rings. The van der Waals surface area contributed by atoms with Gasteiger partial charge in [0.2, 0.25) is 5.78 Å². The molecule has 0 radical (unpaired) electrons. The van der Waals surface area contributed by atoms with Crippen LogP contribution in [0.1, 0.15) is 21.5 Å². The van der Waals surface area contributed by atoms with Crippen molar-refractivity contribution in [3.8, 4) is 5.75 Å². The Balaban J connectivity index is 1.36. The molecule has 8 heteroatoms. The predicted molar refractivity (Wildman–Crippen MR) is 140 cm³/mol. The van der Waals surface area contributed by atoms with Crippen LogP contribution in [0.2, 0.25) is 0 Å². The fourth-order valence-electron chi connectivity index (χ4n) is 4.06. The molecule has 3 heterocycles.